The summed E-state index contributed by atoms with van der Waals surface area (Å²) < 4.78 is 0. The molecule has 1 aromatic heterocycles. The molecule has 18 heavy (non-hydrogen) atoms. The maximum Gasteiger partial charge on any atom is 0.330 e. The van der Waals surface area contributed by atoms with E-state index in [1.165, 1.54) is 0 Å². The van der Waals surface area contributed by atoms with E-state index in [1.807, 2.05) is 0 Å². The summed E-state index contributed by atoms with van der Waals surface area (Å²) in [5.74, 6) is 0.823. The van der Waals surface area contributed by atoms with Crippen LogP contribution in [0.2, 0.25) is 5.02 Å². The lowest BCUT2D eigenvalue weighted by Gasteiger charge is -2.10. The molecule has 2 aromatic rings. The number of urea groups is 1. The van der Waals surface area contributed by atoms with Crippen molar-refractivity contribution in [2.24, 2.45) is 5.73 Å². The molecule has 0 atom stereocenters. The monoisotopic (exact) mass is 266 g/mol. The number of amides is 2. The minimum absolute atomic E-state index is 0.408. The topological polar surface area (TPSA) is 105 Å². The van der Waals surface area contributed by atoms with Crippen LogP contribution in [-0.2, 0) is 0 Å². The second kappa shape index (κ2) is 4.92. The van der Waals surface area contributed by atoms with Gasteiger partial charge in [-0.3, -0.25) is 10.9 Å². The van der Waals surface area contributed by atoms with E-state index < -0.39 is 6.03 Å². The Morgan fingerprint density at radius 3 is 2.83 bits per heavy atom. The van der Waals surface area contributed by atoms with E-state index in [1.54, 1.807) is 25.2 Å². The van der Waals surface area contributed by atoms with Crippen molar-refractivity contribution in [1.82, 2.24) is 15.4 Å². The lowest BCUT2D eigenvalue weighted by Crippen LogP contribution is -2.34. The van der Waals surface area contributed by atoms with Gasteiger partial charge in [-0.15, -0.1) is 0 Å². The Bertz CT molecular complexity index is 602. The zero-order valence-corrected chi connectivity index (χ0v) is 10.2. The number of benzene rings is 1. The summed E-state index contributed by atoms with van der Waals surface area (Å²) in [6, 6.07) is 4.47. The van der Waals surface area contributed by atoms with Crippen LogP contribution < -0.4 is 21.9 Å². The molecule has 0 aliphatic heterocycles. The minimum atomic E-state index is -0.713. The number of nitrogens with zero attached hydrogens (tertiary/aromatic N) is 2. The molecule has 2 rings (SSSR count). The van der Waals surface area contributed by atoms with Gasteiger partial charge in [-0.25, -0.2) is 9.78 Å². The fourth-order valence-electron chi connectivity index (χ4n) is 1.43. The van der Waals surface area contributed by atoms with Crippen molar-refractivity contribution in [1.29, 1.82) is 0 Å². The van der Waals surface area contributed by atoms with E-state index in [9.17, 15) is 4.79 Å². The maximum atomic E-state index is 10.7. The Kier molecular flexibility index (Phi) is 3.33. The zero-order chi connectivity index (χ0) is 13.1. The fourth-order valence-corrected chi connectivity index (χ4v) is 1.60. The van der Waals surface area contributed by atoms with Crippen LogP contribution >= 0.6 is 11.6 Å². The van der Waals surface area contributed by atoms with Crippen molar-refractivity contribution in [2.75, 3.05) is 17.8 Å². The van der Waals surface area contributed by atoms with Crippen LogP contribution in [0.4, 0.5) is 16.6 Å². The number of nitrogens with one attached hydrogen (secondary N) is 3. The Hall–Kier alpha value is -2.28. The molecular formula is C10H11ClN6O. The first-order chi connectivity index (χ1) is 8.60. The molecule has 2 amide bonds. The molecule has 8 heteroatoms. The van der Waals surface area contributed by atoms with Crippen LogP contribution in [-0.4, -0.2) is 23.0 Å². The second-order valence-electron chi connectivity index (χ2n) is 3.42. The average Bonchev–Trinajstić information content (AvgIpc) is 2.35. The number of carbonyl (C=O) groups is 1. The summed E-state index contributed by atoms with van der Waals surface area (Å²) in [5.41, 5.74) is 10.5. The summed E-state index contributed by atoms with van der Waals surface area (Å²) in [6.45, 7) is 0. The standard InChI is InChI=1S/C10H11ClN6O/c1-13-10-14-7-3-2-5(11)4-6(7)8(15-10)16-17-9(12)18/h2-4H,1H3,(H3,12,17,18)(H2,13,14,15,16). The van der Waals surface area contributed by atoms with Gasteiger partial charge >= 0.3 is 6.03 Å². The molecule has 5 N–H and O–H groups in total. The van der Waals surface area contributed by atoms with E-state index in [2.05, 4.69) is 26.1 Å². The molecule has 1 aromatic carbocycles. The van der Waals surface area contributed by atoms with Gasteiger partial charge in [0, 0.05) is 17.5 Å². The molecule has 0 bridgehead atoms. The van der Waals surface area contributed by atoms with E-state index in [-0.39, 0.29) is 0 Å². The minimum Gasteiger partial charge on any atom is -0.357 e. The SMILES string of the molecule is CNc1nc(NNC(N)=O)c2cc(Cl)ccc2n1. The molecule has 0 fully saturated rings. The van der Waals surface area contributed by atoms with Crippen molar-refractivity contribution >= 4 is 40.3 Å². The van der Waals surface area contributed by atoms with Gasteiger partial charge in [0.05, 0.1) is 5.52 Å². The van der Waals surface area contributed by atoms with Gasteiger partial charge in [-0.1, -0.05) is 11.6 Å². The van der Waals surface area contributed by atoms with E-state index in [0.717, 1.165) is 0 Å². The van der Waals surface area contributed by atoms with E-state index in [4.69, 9.17) is 17.3 Å². The van der Waals surface area contributed by atoms with Gasteiger partial charge in [0.1, 0.15) is 0 Å². The number of anilines is 2. The number of halogens is 1. The third-order valence-electron chi connectivity index (χ3n) is 2.19. The maximum absolute atomic E-state index is 10.7. The highest BCUT2D eigenvalue weighted by Crippen LogP contribution is 2.24. The number of hydrogen-bond acceptors (Lipinski definition) is 5. The van der Waals surface area contributed by atoms with E-state index in [0.29, 0.717) is 27.7 Å². The van der Waals surface area contributed by atoms with Crippen LogP contribution in [0.25, 0.3) is 10.9 Å². The summed E-state index contributed by atoms with van der Waals surface area (Å²) in [4.78, 5) is 19.1. The highest BCUT2D eigenvalue weighted by molar-refractivity contribution is 6.31. The van der Waals surface area contributed by atoms with Crippen molar-refractivity contribution in [3.63, 3.8) is 0 Å². The quantitative estimate of drug-likeness (QED) is 0.627. The molecule has 0 saturated heterocycles. The predicted molar refractivity (Wildman–Crippen MR) is 70.4 cm³/mol. The van der Waals surface area contributed by atoms with Gasteiger partial charge in [0.25, 0.3) is 0 Å². The number of fused-ring (bicyclic) bond motifs is 1. The average molecular weight is 267 g/mol. The first-order valence-corrected chi connectivity index (χ1v) is 5.44. The highest BCUT2D eigenvalue weighted by Gasteiger charge is 2.08. The lowest BCUT2D eigenvalue weighted by molar-refractivity contribution is 0.250. The van der Waals surface area contributed by atoms with Crippen LogP contribution in [0, 0.1) is 0 Å². The number of primary amides is 1. The largest absolute Gasteiger partial charge is 0.357 e. The van der Waals surface area contributed by atoms with Crippen molar-refractivity contribution in [3.05, 3.63) is 23.2 Å². The number of nitrogens with two attached hydrogens (primary N) is 1. The molecule has 94 valence electrons. The second-order valence-corrected chi connectivity index (χ2v) is 3.86. The Morgan fingerprint density at radius 1 is 1.39 bits per heavy atom. The first kappa shape index (κ1) is 12.2. The summed E-state index contributed by atoms with van der Waals surface area (Å²) in [7, 11) is 1.70. The smallest absolute Gasteiger partial charge is 0.330 e. The molecule has 0 aliphatic carbocycles. The molecule has 0 aliphatic rings. The van der Waals surface area contributed by atoms with Crippen LogP contribution in [0.1, 0.15) is 0 Å². The van der Waals surface area contributed by atoms with Crippen molar-refractivity contribution in [2.45, 2.75) is 0 Å². The van der Waals surface area contributed by atoms with E-state index >= 15 is 0 Å². The molecular weight excluding hydrogens is 256 g/mol. The Balaban J connectivity index is 2.52. The van der Waals surface area contributed by atoms with Crippen molar-refractivity contribution in [3.8, 4) is 0 Å². The third-order valence-corrected chi connectivity index (χ3v) is 2.42. The molecule has 0 spiro atoms. The molecule has 1 heterocycles. The number of carbonyl (C=O) groups excluding carboxylic acids is 1. The van der Waals surface area contributed by atoms with Crippen LogP contribution in [0.15, 0.2) is 18.2 Å². The summed E-state index contributed by atoms with van der Waals surface area (Å²) >= 11 is 5.92. The summed E-state index contributed by atoms with van der Waals surface area (Å²) in [6.07, 6.45) is 0. The van der Waals surface area contributed by atoms with Crippen molar-refractivity contribution < 1.29 is 4.79 Å². The van der Waals surface area contributed by atoms with Gasteiger partial charge < -0.3 is 11.1 Å². The molecule has 7 nitrogen and oxygen atoms in total. The van der Waals surface area contributed by atoms with Crippen LogP contribution in [0.3, 0.4) is 0 Å². The molecule has 0 saturated carbocycles. The Morgan fingerprint density at radius 2 is 2.17 bits per heavy atom. The molecule has 0 radical (unpaired) electrons. The fraction of sp³-hybridized carbons (Fsp3) is 0.100. The molecule has 0 unspecified atom stereocenters. The summed E-state index contributed by atoms with van der Waals surface area (Å²) in [5, 5.41) is 4.05. The number of hydrogen-bond donors (Lipinski definition) is 4. The first-order valence-electron chi connectivity index (χ1n) is 5.06. The number of hydrazine groups is 1. The Labute approximate surface area is 108 Å². The predicted octanol–water partition coefficient (Wildman–Crippen LogP) is 1.32. The zero-order valence-electron chi connectivity index (χ0n) is 9.49. The number of rotatable bonds is 3. The van der Waals surface area contributed by atoms with Gasteiger partial charge in [0.15, 0.2) is 5.82 Å². The third kappa shape index (κ3) is 2.51. The van der Waals surface area contributed by atoms with Crippen LogP contribution in [0.5, 0.6) is 0 Å². The van der Waals surface area contributed by atoms with Gasteiger partial charge in [-0.05, 0) is 18.2 Å². The van der Waals surface area contributed by atoms with Gasteiger partial charge in [-0.2, -0.15) is 4.98 Å². The van der Waals surface area contributed by atoms with Gasteiger partial charge in [0.2, 0.25) is 5.95 Å². The highest BCUT2D eigenvalue weighted by atomic mass is 35.5. The lowest BCUT2D eigenvalue weighted by atomic mass is 10.2. The normalized spacial score (nSPS) is 10.1. The number of aromatic nitrogens is 2.